The van der Waals surface area contributed by atoms with Crippen LogP contribution in [0.1, 0.15) is 43.4 Å². The molecule has 5 heteroatoms. The number of aliphatic hydroxyl groups is 1. The van der Waals surface area contributed by atoms with Crippen LogP contribution < -0.4 is 10.6 Å². The molecule has 0 heterocycles. The third-order valence-corrected chi connectivity index (χ3v) is 1.86. The molecule has 0 spiro atoms. The maximum Gasteiger partial charge on any atom is 0.245 e. The lowest BCUT2D eigenvalue weighted by Gasteiger charge is -2.07. The molecule has 0 aromatic carbocycles. The van der Waals surface area contributed by atoms with Crippen molar-refractivity contribution >= 4 is 11.8 Å². The highest BCUT2D eigenvalue weighted by Crippen LogP contribution is 2.02. The van der Waals surface area contributed by atoms with Crippen LogP contribution in [0.25, 0.3) is 0 Å². The van der Waals surface area contributed by atoms with Crippen molar-refractivity contribution in [1.29, 1.82) is 0 Å². The summed E-state index contributed by atoms with van der Waals surface area (Å²) in [4.78, 5) is 21.8. The monoisotopic (exact) mass is 250 g/mol. The van der Waals surface area contributed by atoms with Gasteiger partial charge in [-0.15, -0.1) is 0 Å². The average molecular weight is 250 g/mol. The van der Waals surface area contributed by atoms with Crippen molar-refractivity contribution in [2.24, 2.45) is 5.92 Å². The van der Waals surface area contributed by atoms with Crippen molar-refractivity contribution in [3.8, 4) is 0 Å². The highest BCUT2D eigenvalue weighted by Gasteiger charge is 2.02. The Morgan fingerprint density at radius 3 is 2.00 bits per heavy atom. The van der Waals surface area contributed by atoms with E-state index in [1.807, 2.05) is 13.8 Å². The van der Waals surface area contributed by atoms with Crippen LogP contribution in [-0.2, 0) is 9.59 Å². The van der Waals surface area contributed by atoms with E-state index in [9.17, 15) is 9.59 Å². The summed E-state index contributed by atoms with van der Waals surface area (Å²) in [5, 5.41) is 13.5. The summed E-state index contributed by atoms with van der Waals surface area (Å²) in [7, 11) is 0. The van der Waals surface area contributed by atoms with Crippen molar-refractivity contribution in [2.45, 2.75) is 40.5 Å². The molecular formula is C12H30N2O3. The van der Waals surface area contributed by atoms with Crippen LogP contribution in [0.2, 0.25) is 0 Å². The minimum Gasteiger partial charge on any atom is -0.387 e. The van der Waals surface area contributed by atoms with Gasteiger partial charge in [-0.05, 0) is 12.3 Å². The molecule has 0 aliphatic heterocycles. The number of aliphatic hydroxyl groups excluding tert-OH is 1. The molecule has 0 aromatic rings. The van der Waals surface area contributed by atoms with E-state index >= 15 is 0 Å². The Labute approximate surface area is 107 Å². The van der Waals surface area contributed by atoms with Crippen LogP contribution >= 0.6 is 0 Å². The molecule has 0 fully saturated rings. The lowest BCUT2D eigenvalue weighted by molar-refractivity contribution is -0.124. The predicted octanol–water partition coefficient (Wildman–Crippen LogP) is 1.17. The van der Waals surface area contributed by atoms with Gasteiger partial charge in [-0.3, -0.25) is 9.59 Å². The van der Waals surface area contributed by atoms with Gasteiger partial charge >= 0.3 is 0 Å². The summed E-state index contributed by atoms with van der Waals surface area (Å²) < 4.78 is 0. The van der Waals surface area contributed by atoms with E-state index in [0.29, 0.717) is 25.4 Å². The van der Waals surface area contributed by atoms with Gasteiger partial charge in [-0.2, -0.15) is 0 Å². The molecule has 0 saturated carbocycles. The maximum absolute atomic E-state index is 11.2. The van der Waals surface area contributed by atoms with E-state index in [0.717, 1.165) is 6.42 Å². The number of rotatable bonds is 7. The Bertz CT molecular complexity index is 215. The molecule has 0 radical (unpaired) electrons. The van der Waals surface area contributed by atoms with Gasteiger partial charge in [-0.25, -0.2) is 0 Å². The number of carbonyl (C=O) groups excluding carboxylic acids is 2. The van der Waals surface area contributed by atoms with E-state index < -0.39 is 12.5 Å². The molecule has 5 nitrogen and oxygen atoms in total. The third-order valence-electron chi connectivity index (χ3n) is 1.86. The zero-order valence-corrected chi connectivity index (χ0v) is 11.4. The SMILES string of the molecule is CC.CC(C)CCC(=O)NCCNC(=O)CO.[HH].[HH]. The summed E-state index contributed by atoms with van der Waals surface area (Å²) in [6.45, 7) is 8.38. The summed E-state index contributed by atoms with van der Waals surface area (Å²) in [5.74, 6) is 0.0956. The van der Waals surface area contributed by atoms with Crippen LogP contribution in [0.4, 0.5) is 0 Å². The number of hydrogen-bond acceptors (Lipinski definition) is 3. The molecular weight excluding hydrogens is 220 g/mol. The molecule has 3 N–H and O–H groups in total. The number of carbonyl (C=O) groups is 2. The van der Waals surface area contributed by atoms with E-state index in [2.05, 4.69) is 24.5 Å². The zero-order chi connectivity index (χ0) is 13.7. The number of amides is 2. The smallest absolute Gasteiger partial charge is 0.245 e. The van der Waals surface area contributed by atoms with Crippen LogP contribution in [0, 0.1) is 5.92 Å². The quantitative estimate of drug-likeness (QED) is 0.593. The molecule has 0 bridgehead atoms. The lowest BCUT2D eigenvalue weighted by Crippen LogP contribution is -2.35. The lowest BCUT2D eigenvalue weighted by atomic mass is 10.1. The average Bonchev–Trinajstić information content (AvgIpc) is 2.34. The highest BCUT2D eigenvalue weighted by atomic mass is 16.3. The van der Waals surface area contributed by atoms with E-state index in [-0.39, 0.29) is 8.76 Å². The molecule has 0 aliphatic carbocycles. The topological polar surface area (TPSA) is 78.4 Å². The van der Waals surface area contributed by atoms with Gasteiger partial charge in [0.05, 0.1) is 0 Å². The van der Waals surface area contributed by atoms with Gasteiger partial charge in [0.25, 0.3) is 0 Å². The van der Waals surface area contributed by atoms with E-state index in [4.69, 9.17) is 5.11 Å². The first-order valence-corrected chi connectivity index (χ1v) is 6.20. The van der Waals surface area contributed by atoms with Crippen LogP contribution in [0.15, 0.2) is 0 Å². The first-order chi connectivity index (χ1) is 8.06. The van der Waals surface area contributed by atoms with Gasteiger partial charge in [0, 0.05) is 22.4 Å². The maximum atomic E-state index is 11.2. The van der Waals surface area contributed by atoms with Gasteiger partial charge in [0.1, 0.15) is 6.61 Å². The molecule has 0 rings (SSSR count). The van der Waals surface area contributed by atoms with Crippen LogP contribution in [-0.4, -0.2) is 36.6 Å². The molecule has 106 valence electrons. The second-order valence-electron chi connectivity index (χ2n) is 3.79. The first-order valence-electron chi connectivity index (χ1n) is 6.20. The fourth-order valence-electron chi connectivity index (χ4n) is 0.968. The second kappa shape index (κ2) is 13.0. The van der Waals surface area contributed by atoms with Gasteiger partial charge in [0.15, 0.2) is 0 Å². The van der Waals surface area contributed by atoms with Crippen LogP contribution in [0.5, 0.6) is 0 Å². The second-order valence-corrected chi connectivity index (χ2v) is 3.79. The van der Waals surface area contributed by atoms with E-state index in [1.54, 1.807) is 0 Å². The number of hydrogen-bond donors (Lipinski definition) is 3. The molecule has 0 saturated heterocycles. The fourth-order valence-corrected chi connectivity index (χ4v) is 0.968. The largest absolute Gasteiger partial charge is 0.387 e. The molecule has 17 heavy (non-hydrogen) atoms. The minimum absolute atomic E-state index is 0. The Balaban J connectivity index is -0.000000267. The Hall–Kier alpha value is -1.10. The Morgan fingerprint density at radius 1 is 1.12 bits per heavy atom. The summed E-state index contributed by atoms with van der Waals surface area (Å²) in [6.07, 6.45) is 1.39. The molecule has 0 aromatic heterocycles. The fraction of sp³-hybridized carbons (Fsp3) is 0.833. The van der Waals surface area contributed by atoms with Crippen molar-refractivity contribution in [3.05, 3.63) is 0 Å². The summed E-state index contributed by atoms with van der Waals surface area (Å²) in [5.41, 5.74) is 0. The van der Waals surface area contributed by atoms with Crippen molar-refractivity contribution < 1.29 is 17.5 Å². The zero-order valence-electron chi connectivity index (χ0n) is 11.4. The minimum atomic E-state index is -0.513. The Morgan fingerprint density at radius 2 is 1.59 bits per heavy atom. The third kappa shape index (κ3) is 14.9. The first kappa shape index (κ1) is 18.3. The molecule has 2 amide bonds. The van der Waals surface area contributed by atoms with Crippen molar-refractivity contribution in [3.63, 3.8) is 0 Å². The molecule has 0 aliphatic rings. The predicted molar refractivity (Wildman–Crippen MR) is 72.8 cm³/mol. The molecule has 0 unspecified atom stereocenters. The molecule has 0 atom stereocenters. The van der Waals surface area contributed by atoms with Gasteiger partial charge in [-0.1, -0.05) is 27.7 Å². The van der Waals surface area contributed by atoms with Crippen LogP contribution in [0.3, 0.4) is 0 Å². The normalized spacial score (nSPS) is 9.29. The summed E-state index contributed by atoms with van der Waals surface area (Å²) >= 11 is 0. The van der Waals surface area contributed by atoms with Crippen molar-refractivity contribution in [2.75, 3.05) is 19.7 Å². The standard InChI is InChI=1S/C10H20N2O3.C2H6.2H2/c1-8(2)3-4-9(14)11-5-6-12-10(15)7-13;1-2;;/h8,13H,3-7H2,1-2H3,(H,11,14)(H,12,15);1-2H3;2*1H. The van der Waals surface area contributed by atoms with Gasteiger partial charge < -0.3 is 15.7 Å². The summed E-state index contributed by atoms with van der Waals surface area (Å²) in [6, 6.07) is 0. The highest BCUT2D eigenvalue weighted by molar-refractivity contribution is 5.77. The van der Waals surface area contributed by atoms with Crippen molar-refractivity contribution in [1.82, 2.24) is 10.6 Å². The van der Waals surface area contributed by atoms with E-state index in [1.165, 1.54) is 0 Å². The Kier molecular flexibility index (Phi) is 13.9. The van der Waals surface area contributed by atoms with Gasteiger partial charge in [0.2, 0.25) is 11.8 Å². The number of nitrogens with one attached hydrogen (secondary N) is 2.